The van der Waals surface area contributed by atoms with Gasteiger partial charge in [0, 0.05) is 44.4 Å². The van der Waals surface area contributed by atoms with Gasteiger partial charge in [0.2, 0.25) is 0 Å². The van der Waals surface area contributed by atoms with Gasteiger partial charge in [-0.2, -0.15) is 0 Å². The molecular weight excluding hydrogens is 418 g/mol. The van der Waals surface area contributed by atoms with Crippen molar-refractivity contribution in [2.24, 2.45) is 0 Å². The van der Waals surface area contributed by atoms with Crippen molar-refractivity contribution in [1.82, 2.24) is 9.80 Å². The van der Waals surface area contributed by atoms with E-state index >= 15 is 0 Å². The van der Waals surface area contributed by atoms with Gasteiger partial charge >= 0.3 is 6.09 Å². The van der Waals surface area contributed by atoms with Crippen LogP contribution in [-0.2, 0) is 4.74 Å². The quantitative estimate of drug-likeness (QED) is 0.509. The molecule has 2 rings (SSSR count). The average Bonchev–Trinajstić information content (AvgIpc) is 2.55. The summed E-state index contributed by atoms with van der Waals surface area (Å²) in [6.45, 7) is 10.8. The zero-order chi connectivity index (χ0) is 20.2. The van der Waals surface area contributed by atoms with Gasteiger partial charge in [-0.05, 0) is 49.7 Å². The van der Waals surface area contributed by atoms with Crippen LogP contribution in [0.4, 0.5) is 10.5 Å². The molecule has 1 amide bonds. The Kier molecular flexibility index (Phi) is 7.05. The molecule has 27 heavy (non-hydrogen) atoms. The second kappa shape index (κ2) is 8.88. The molecule has 0 radical (unpaired) electrons. The Morgan fingerprint density at radius 3 is 2.63 bits per heavy atom. The SMILES string of the molecule is C[C@H]1CN(C(=O)OC(C)(C)C)CCN1CCOc1ccc([N+](=O)[O-])cc1Br. The zero-order valence-corrected chi connectivity index (χ0v) is 17.7. The monoisotopic (exact) mass is 443 g/mol. The van der Waals surface area contributed by atoms with Gasteiger partial charge in [-0.1, -0.05) is 0 Å². The molecule has 0 N–H and O–H groups in total. The van der Waals surface area contributed by atoms with Crippen LogP contribution in [0.15, 0.2) is 22.7 Å². The van der Waals surface area contributed by atoms with Gasteiger partial charge in [-0.25, -0.2) is 4.79 Å². The van der Waals surface area contributed by atoms with Gasteiger partial charge in [0.25, 0.3) is 5.69 Å². The number of hydrogen-bond acceptors (Lipinski definition) is 6. The molecule has 1 aliphatic rings. The van der Waals surface area contributed by atoms with Gasteiger partial charge in [-0.3, -0.25) is 15.0 Å². The van der Waals surface area contributed by atoms with E-state index in [0.717, 1.165) is 6.54 Å². The Morgan fingerprint density at radius 1 is 1.37 bits per heavy atom. The topological polar surface area (TPSA) is 85.2 Å². The van der Waals surface area contributed by atoms with Crippen molar-refractivity contribution >= 4 is 27.7 Å². The van der Waals surface area contributed by atoms with Gasteiger partial charge in [0.05, 0.1) is 9.40 Å². The highest BCUT2D eigenvalue weighted by Crippen LogP contribution is 2.29. The maximum Gasteiger partial charge on any atom is 0.410 e. The second-order valence-corrected chi connectivity index (χ2v) is 8.39. The van der Waals surface area contributed by atoms with Crippen molar-refractivity contribution in [3.63, 3.8) is 0 Å². The average molecular weight is 444 g/mol. The lowest BCUT2D eigenvalue weighted by Crippen LogP contribution is -2.55. The highest BCUT2D eigenvalue weighted by Gasteiger charge is 2.29. The Balaban J connectivity index is 1.81. The van der Waals surface area contributed by atoms with Crippen LogP contribution < -0.4 is 4.74 Å². The molecule has 0 bridgehead atoms. The lowest BCUT2D eigenvalue weighted by Gasteiger charge is -2.40. The van der Waals surface area contributed by atoms with E-state index in [1.807, 2.05) is 20.8 Å². The standard InChI is InChI=1S/C18H26BrN3O5/c1-13-12-21(17(23)27-18(2,3)4)8-7-20(13)9-10-26-16-6-5-14(22(24)25)11-15(16)19/h5-6,11,13H,7-10,12H2,1-4H3/t13-/m0/s1. The van der Waals surface area contributed by atoms with Crippen LogP contribution in [0.1, 0.15) is 27.7 Å². The summed E-state index contributed by atoms with van der Waals surface area (Å²) in [6, 6.07) is 4.63. The second-order valence-electron chi connectivity index (χ2n) is 7.53. The fraction of sp³-hybridized carbons (Fsp3) is 0.611. The summed E-state index contributed by atoms with van der Waals surface area (Å²) in [4.78, 5) is 26.5. The fourth-order valence-electron chi connectivity index (χ4n) is 2.81. The molecule has 1 aromatic rings. The molecule has 0 saturated carbocycles. The largest absolute Gasteiger partial charge is 0.491 e. The molecule has 0 aliphatic carbocycles. The maximum absolute atomic E-state index is 12.2. The molecule has 0 aromatic heterocycles. The highest BCUT2D eigenvalue weighted by molar-refractivity contribution is 9.10. The molecule has 8 nitrogen and oxygen atoms in total. The highest BCUT2D eigenvalue weighted by atomic mass is 79.9. The van der Waals surface area contributed by atoms with E-state index < -0.39 is 10.5 Å². The molecule has 1 aliphatic heterocycles. The predicted octanol–water partition coefficient (Wildman–Crippen LogP) is 3.68. The van der Waals surface area contributed by atoms with Crippen LogP contribution in [0.2, 0.25) is 0 Å². The first-order valence-corrected chi connectivity index (χ1v) is 9.65. The predicted molar refractivity (Wildman–Crippen MR) is 105 cm³/mol. The Labute approximate surface area is 167 Å². The first-order chi connectivity index (χ1) is 12.6. The first kappa shape index (κ1) is 21.4. The number of benzene rings is 1. The third-order valence-corrected chi connectivity index (χ3v) is 4.80. The third-order valence-electron chi connectivity index (χ3n) is 4.18. The smallest absolute Gasteiger partial charge is 0.410 e. The van der Waals surface area contributed by atoms with Crippen molar-refractivity contribution in [3.8, 4) is 5.75 Å². The number of nitro groups is 1. The molecule has 0 spiro atoms. The van der Waals surface area contributed by atoms with E-state index in [0.29, 0.717) is 36.5 Å². The van der Waals surface area contributed by atoms with Gasteiger partial charge in [0.15, 0.2) is 0 Å². The number of hydrogen-bond donors (Lipinski definition) is 0. The zero-order valence-electron chi connectivity index (χ0n) is 16.1. The number of halogens is 1. The van der Waals surface area contributed by atoms with E-state index in [1.165, 1.54) is 12.1 Å². The number of carbonyl (C=O) groups is 1. The van der Waals surface area contributed by atoms with Crippen molar-refractivity contribution in [2.45, 2.75) is 39.3 Å². The molecule has 1 fully saturated rings. The molecule has 9 heteroatoms. The summed E-state index contributed by atoms with van der Waals surface area (Å²) in [7, 11) is 0. The number of carbonyl (C=O) groups excluding carboxylic acids is 1. The molecule has 150 valence electrons. The van der Waals surface area contributed by atoms with Crippen molar-refractivity contribution < 1.29 is 19.2 Å². The van der Waals surface area contributed by atoms with Crippen LogP contribution in [0.25, 0.3) is 0 Å². The lowest BCUT2D eigenvalue weighted by atomic mass is 10.2. The van der Waals surface area contributed by atoms with Crippen LogP contribution in [0.3, 0.4) is 0 Å². The van der Waals surface area contributed by atoms with Gasteiger partial charge < -0.3 is 14.4 Å². The van der Waals surface area contributed by atoms with E-state index in [4.69, 9.17) is 9.47 Å². The molecule has 1 heterocycles. The minimum Gasteiger partial charge on any atom is -0.491 e. The number of non-ortho nitro benzene ring substituents is 1. The maximum atomic E-state index is 12.2. The Morgan fingerprint density at radius 2 is 2.07 bits per heavy atom. The molecule has 1 atom stereocenters. The van der Waals surface area contributed by atoms with Gasteiger partial charge in [-0.15, -0.1) is 0 Å². The molecule has 1 saturated heterocycles. The summed E-state index contributed by atoms with van der Waals surface area (Å²) in [5.41, 5.74) is -0.482. The number of rotatable bonds is 5. The summed E-state index contributed by atoms with van der Waals surface area (Å²) in [6.07, 6.45) is -0.278. The summed E-state index contributed by atoms with van der Waals surface area (Å²) in [5, 5.41) is 10.8. The first-order valence-electron chi connectivity index (χ1n) is 8.85. The molecule has 1 aromatic carbocycles. The molecule has 0 unspecified atom stereocenters. The summed E-state index contributed by atoms with van der Waals surface area (Å²) < 4.78 is 11.7. The minimum absolute atomic E-state index is 0.0149. The Bertz CT molecular complexity index is 692. The number of nitrogens with zero attached hydrogens (tertiary/aromatic N) is 3. The lowest BCUT2D eigenvalue weighted by molar-refractivity contribution is -0.385. The van der Waals surface area contributed by atoms with Crippen LogP contribution in [-0.4, -0.2) is 65.2 Å². The number of piperazine rings is 1. The number of ether oxygens (including phenoxy) is 2. The van der Waals surface area contributed by atoms with E-state index in [1.54, 1.807) is 11.0 Å². The van der Waals surface area contributed by atoms with E-state index in [2.05, 4.69) is 27.8 Å². The van der Waals surface area contributed by atoms with Crippen LogP contribution in [0.5, 0.6) is 5.75 Å². The van der Waals surface area contributed by atoms with Crippen LogP contribution >= 0.6 is 15.9 Å². The summed E-state index contributed by atoms with van der Waals surface area (Å²) >= 11 is 3.30. The Hall–Kier alpha value is -1.87. The molecular formula is C18H26BrN3O5. The summed E-state index contributed by atoms with van der Waals surface area (Å²) in [5.74, 6) is 0.570. The van der Waals surface area contributed by atoms with Crippen molar-refractivity contribution in [3.05, 3.63) is 32.8 Å². The number of nitro benzene ring substituents is 1. The normalized spacial score (nSPS) is 18.3. The van der Waals surface area contributed by atoms with Gasteiger partial charge in [0.1, 0.15) is 18.0 Å². The van der Waals surface area contributed by atoms with Crippen molar-refractivity contribution in [1.29, 1.82) is 0 Å². The van der Waals surface area contributed by atoms with Crippen LogP contribution in [0, 0.1) is 10.1 Å². The fourth-order valence-corrected chi connectivity index (χ4v) is 3.29. The van der Waals surface area contributed by atoms with E-state index in [9.17, 15) is 14.9 Å². The minimum atomic E-state index is -0.497. The number of amides is 1. The van der Waals surface area contributed by atoms with E-state index in [-0.39, 0.29) is 17.8 Å². The van der Waals surface area contributed by atoms with Crippen molar-refractivity contribution in [2.75, 3.05) is 32.8 Å². The third kappa shape index (κ3) is 6.35.